The van der Waals surface area contributed by atoms with Crippen LogP contribution in [0.2, 0.25) is 0 Å². The van der Waals surface area contributed by atoms with Crippen LogP contribution in [0.15, 0.2) is 30.3 Å². The zero-order chi connectivity index (χ0) is 10.0. The molecule has 1 fully saturated rings. The molecule has 1 atom stereocenters. The lowest BCUT2D eigenvalue weighted by atomic mass is 9.91. The van der Waals surface area contributed by atoms with E-state index in [4.69, 9.17) is 4.74 Å². The van der Waals surface area contributed by atoms with Gasteiger partial charge in [-0.15, -0.1) is 0 Å². The third-order valence-electron chi connectivity index (χ3n) is 2.96. The normalized spacial score (nSPS) is 29.0. The molecule has 1 aromatic rings. The number of hydrogen-bond donors (Lipinski definition) is 0. The smallest absolute Gasteiger partial charge is 0.0999 e. The average molecular weight is 191 g/mol. The molecule has 1 saturated heterocycles. The van der Waals surface area contributed by atoms with Crippen molar-refractivity contribution in [3.05, 3.63) is 35.9 Å². The highest BCUT2D eigenvalue weighted by molar-refractivity contribution is 5.22. The third-order valence-corrected chi connectivity index (χ3v) is 2.96. The number of nitrogens with zero attached hydrogens (tertiary/aromatic N) is 1. The summed E-state index contributed by atoms with van der Waals surface area (Å²) in [5, 5.41) is 0. The van der Waals surface area contributed by atoms with Gasteiger partial charge in [0, 0.05) is 6.54 Å². The van der Waals surface area contributed by atoms with Gasteiger partial charge in [0.05, 0.1) is 12.3 Å². The molecule has 1 aliphatic heterocycles. The molecule has 14 heavy (non-hydrogen) atoms. The van der Waals surface area contributed by atoms with Gasteiger partial charge in [0.1, 0.15) is 0 Å². The average Bonchev–Trinajstić information content (AvgIpc) is 2.24. The Morgan fingerprint density at radius 1 is 1.29 bits per heavy atom. The second kappa shape index (κ2) is 3.71. The molecule has 0 aliphatic carbocycles. The summed E-state index contributed by atoms with van der Waals surface area (Å²) in [4.78, 5) is 2.20. The minimum absolute atomic E-state index is 0.0895. The van der Waals surface area contributed by atoms with E-state index in [0.29, 0.717) is 0 Å². The van der Waals surface area contributed by atoms with Crippen LogP contribution in [0, 0.1) is 0 Å². The lowest BCUT2D eigenvalue weighted by Gasteiger charge is -2.38. The molecule has 0 saturated carbocycles. The van der Waals surface area contributed by atoms with Gasteiger partial charge >= 0.3 is 0 Å². The van der Waals surface area contributed by atoms with E-state index in [2.05, 4.69) is 43.1 Å². The summed E-state index contributed by atoms with van der Waals surface area (Å²) in [5.74, 6) is 0. The summed E-state index contributed by atoms with van der Waals surface area (Å²) < 4.78 is 5.89. The molecule has 0 spiro atoms. The number of rotatable bonds is 1. The van der Waals surface area contributed by atoms with Crippen molar-refractivity contribution in [3.8, 4) is 0 Å². The van der Waals surface area contributed by atoms with Gasteiger partial charge in [0.15, 0.2) is 0 Å². The number of ether oxygens (including phenoxy) is 1. The molecule has 0 amide bonds. The standard InChI is InChI=1S/C12H17NO/c1-12(8-9-13(2)10-14-12)11-6-4-3-5-7-11/h3-7H,8-10H2,1-2H3/t12-/m0/s1. The first-order valence-corrected chi connectivity index (χ1v) is 5.09. The van der Waals surface area contributed by atoms with Gasteiger partial charge in [-0.1, -0.05) is 30.3 Å². The van der Waals surface area contributed by atoms with Crippen molar-refractivity contribution in [3.63, 3.8) is 0 Å². The summed E-state index contributed by atoms with van der Waals surface area (Å²) >= 11 is 0. The molecule has 2 nitrogen and oxygen atoms in total. The molecule has 1 aliphatic rings. The molecule has 0 N–H and O–H groups in total. The quantitative estimate of drug-likeness (QED) is 0.675. The zero-order valence-corrected chi connectivity index (χ0v) is 8.86. The predicted octanol–water partition coefficient (Wildman–Crippen LogP) is 2.21. The number of benzene rings is 1. The van der Waals surface area contributed by atoms with E-state index in [1.165, 1.54) is 5.56 Å². The minimum atomic E-state index is -0.0895. The first-order valence-electron chi connectivity index (χ1n) is 5.09. The maximum atomic E-state index is 5.89. The number of hydrogen-bond acceptors (Lipinski definition) is 2. The highest BCUT2D eigenvalue weighted by atomic mass is 16.5. The third kappa shape index (κ3) is 1.81. The van der Waals surface area contributed by atoms with Crippen molar-refractivity contribution in [1.82, 2.24) is 4.90 Å². The minimum Gasteiger partial charge on any atom is -0.355 e. The fourth-order valence-corrected chi connectivity index (χ4v) is 1.81. The van der Waals surface area contributed by atoms with Crippen LogP contribution in [0.4, 0.5) is 0 Å². The van der Waals surface area contributed by atoms with Crippen molar-refractivity contribution in [2.24, 2.45) is 0 Å². The van der Waals surface area contributed by atoms with Gasteiger partial charge in [0.25, 0.3) is 0 Å². The van der Waals surface area contributed by atoms with Crippen LogP contribution in [0.1, 0.15) is 18.9 Å². The summed E-state index contributed by atoms with van der Waals surface area (Å²) in [5.41, 5.74) is 1.20. The van der Waals surface area contributed by atoms with Gasteiger partial charge in [-0.3, -0.25) is 4.90 Å². The molecule has 2 rings (SSSR count). The van der Waals surface area contributed by atoms with E-state index in [1.54, 1.807) is 0 Å². The van der Waals surface area contributed by atoms with Crippen LogP contribution in [-0.2, 0) is 10.3 Å². The summed E-state index contributed by atoms with van der Waals surface area (Å²) in [6, 6.07) is 10.5. The Hall–Kier alpha value is -0.860. The Kier molecular flexibility index (Phi) is 2.57. The van der Waals surface area contributed by atoms with Crippen LogP contribution in [0.3, 0.4) is 0 Å². The lowest BCUT2D eigenvalue weighted by molar-refractivity contribution is -0.126. The van der Waals surface area contributed by atoms with E-state index in [-0.39, 0.29) is 5.60 Å². The van der Waals surface area contributed by atoms with Crippen molar-refractivity contribution >= 4 is 0 Å². The highest BCUT2D eigenvalue weighted by Crippen LogP contribution is 2.31. The van der Waals surface area contributed by atoms with Crippen LogP contribution < -0.4 is 0 Å². The van der Waals surface area contributed by atoms with E-state index in [1.807, 2.05) is 6.07 Å². The van der Waals surface area contributed by atoms with Gasteiger partial charge in [0.2, 0.25) is 0 Å². The van der Waals surface area contributed by atoms with E-state index >= 15 is 0 Å². The molecule has 1 heterocycles. The fourth-order valence-electron chi connectivity index (χ4n) is 1.81. The molecule has 2 heteroatoms. The Bertz CT molecular complexity index is 288. The van der Waals surface area contributed by atoms with Crippen molar-refractivity contribution < 1.29 is 4.74 Å². The molecular weight excluding hydrogens is 174 g/mol. The van der Waals surface area contributed by atoms with Crippen LogP contribution in [0.25, 0.3) is 0 Å². The Morgan fingerprint density at radius 3 is 2.57 bits per heavy atom. The fraction of sp³-hybridized carbons (Fsp3) is 0.500. The first kappa shape index (κ1) is 9.69. The molecule has 76 valence electrons. The predicted molar refractivity (Wildman–Crippen MR) is 57.0 cm³/mol. The SMILES string of the molecule is CN1CC[C@@](C)(c2ccccc2)OC1. The van der Waals surface area contributed by atoms with Gasteiger partial charge in [-0.2, -0.15) is 0 Å². The second-order valence-electron chi connectivity index (χ2n) is 4.20. The van der Waals surface area contributed by atoms with Gasteiger partial charge in [-0.25, -0.2) is 0 Å². The monoisotopic (exact) mass is 191 g/mol. The van der Waals surface area contributed by atoms with Crippen molar-refractivity contribution in [2.45, 2.75) is 18.9 Å². The van der Waals surface area contributed by atoms with Gasteiger partial charge in [-0.05, 0) is 26.0 Å². The summed E-state index contributed by atoms with van der Waals surface area (Å²) in [7, 11) is 2.09. The highest BCUT2D eigenvalue weighted by Gasteiger charge is 2.31. The first-order chi connectivity index (χ1) is 6.71. The molecule has 0 bridgehead atoms. The van der Waals surface area contributed by atoms with Crippen molar-refractivity contribution in [1.29, 1.82) is 0 Å². The Labute approximate surface area is 85.5 Å². The zero-order valence-electron chi connectivity index (χ0n) is 8.86. The Morgan fingerprint density at radius 2 is 2.00 bits per heavy atom. The van der Waals surface area contributed by atoms with E-state index < -0.39 is 0 Å². The lowest BCUT2D eigenvalue weighted by Crippen LogP contribution is -2.41. The molecular formula is C12H17NO. The van der Waals surface area contributed by atoms with Crippen LogP contribution in [-0.4, -0.2) is 25.2 Å². The molecule has 0 aromatic heterocycles. The maximum Gasteiger partial charge on any atom is 0.0999 e. The van der Waals surface area contributed by atoms with Crippen LogP contribution in [0.5, 0.6) is 0 Å². The summed E-state index contributed by atoms with van der Waals surface area (Å²) in [6.07, 6.45) is 1.06. The topological polar surface area (TPSA) is 12.5 Å². The molecule has 0 unspecified atom stereocenters. The summed E-state index contributed by atoms with van der Waals surface area (Å²) in [6.45, 7) is 4.01. The maximum absolute atomic E-state index is 5.89. The van der Waals surface area contributed by atoms with Crippen molar-refractivity contribution in [2.75, 3.05) is 20.3 Å². The van der Waals surface area contributed by atoms with E-state index in [0.717, 1.165) is 19.7 Å². The Balaban J connectivity index is 2.17. The van der Waals surface area contributed by atoms with Gasteiger partial charge < -0.3 is 4.74 Å². The second-order valence-corrected chi connectivity index (χ2v) is 4.20. The largest absolute Gasteiger partial charge is 0.355 e. The van der Waals surface area contributed by atoms with Crippen LogP contribution >= 0.6 is 0 Å². The molecule has 0 radical (unpaired) electrons. The molecule has 1 aromatic carbocycles. The van der Waals surface area contributed by atoms with E-state index in [9.17, 15) is 0 Å².